The summed E-state index contributed by atoms with van der Waals surface area (Å²) in [6.07, 6.45) is 0. The molecule has 0 unspecified atom stereocenters. The van der Waals surface area contributed by atoms with Crippen LogP contribution >= 0.6 is 0 Å². The Labute approximate surface area is 322 Å². The predicted molar refractivity (Wildman–Crippen MR) is 227 cm³/mol. The van der Waals surface area contributed by atoms with Gasteiger partial charge in [-0.15, -0.1) is 0 Å². The van der Waals surface area contributed by atoms with E-state index in [2.05, 4.69) is 146 Å². The zero-order valence-electron chi connectivity index (χ0n) is 30.1. The van der Waals surface area contributed by atoms with Crippen molar-refractivity contribution >= 4 is 43.9 Å². The van der Waals surface area contributed by atoms with E-state index < -0.39 is 0 Å². The summed E-state index contributed by atoms with van der Waals surface area (Å²) in [4.78, 5) is 15.4. The second-order valence-electron chi connectivity index (χ2n) is 13.9. The maximum Gasteiger partial charge on any atom is 0.164 e. The van der Waals surface area contributed by atoms with Crippen LogP contribution in [0.3, 0.4) is 0 Å². The molecule has 3 heterocycles. The van der Waals surface area contributed by atoms with Crippen LogP contribution in [0.25, 0.3) is 111 Å². The summed E-state index contributed by atoms with van der Waals surface area (Å²) in [6, 6.07) is 64.4. The lowest BCUT2D eigenvalue weighted by molar-refractivity contribution is 0.665. The SMILES string of the molecule is c1ccc(-c2ccc(-c3nc(-c4ccc5c(c4)oc4c(-c6cccc7c6oc6ccccc67)cccc45)nc(-c4ccccc4-c4ccccc4)n3)cc2)cc1. The lowest BCUT2D eigenvalue weighted by Crippen LogP contribution is -2.01. The van der Waals surface area contributed by atoms with Gasteiger partial charge in [0.25, 0.3) is 0 Å². The lowest BCUT2D eigenvalue weighted by atomic mass is 9.99. The summed E-state index contributed by atoms with van der Waals surface area (Å²) in [5, 5.41) is 4.23. The first-order valence-electron chi connectivity index (χ1n) is 18.7. The van der Waals surface area contributed by atoms with E-state index in [1.165, 1.54) is 0 Å². The molecule has 5 nitrogen and oxygen atoms in total. The topological polar surface area (TPSA) is 65.0 Å². The first-order chi connectivity index (χ1) is 27.7. The van der Waals surface area contributed by atoms with Crippen molar-refractivity contribution < 1.29 is 8.83 Å². The summed E-state index contributed by atoms with van der Waals surface area (Å²) in [7, 11) is 0. The van der Waals surface area contributed by atoms with Crippen LogP contribution in [0.15, 0.2) is 197 Å². The van der Waals surface area contributed by atoms with Crippen LogP contribution in [-0.2, 0) is 0 Å². The Morgan fingerprint density at radius 3 is 1.45 bits per heavy atom. The number of rotatable bonds is 6. The van der Waals surface area contributed by atoms with Gasteiger partial charge in [-0.2, -0.15) is 0 Å². The molecule has 0 saturated carbocycles. The Morgan fingerprint density at radius 1 is 0.268 bits per heavy atom. The van der Waals surface area contributed by atoms with E-state index in [4.69, 9.17) is 23.8 Å². The number of benzene rings is 8. The highest BCUT2D eigenvalue weighted by Gasteiger charge is 2.20. The Kier molecular flexibility index (Phi) is 7.42. The normalized spacial score (nSPS) is 11.6. The smallest absolute Gasteiger partial charge is 0.164 e. The molecule has 262 valence electrons. The van der Waals surface area contributed by atoms with E-state index in [1.54, 1.807) is 0 Å². The van der Waals surface area contributed by atoms with Crippen molar-refractivity contribution in [2.45, 2.75) is 0 Å². The Bertz CT molecular complexity index is 3240. The molecule has 8 aromatic carbocycles. The van der Waals surface area contributed by atoms with Gasteiger partial charge in [-0.3, -0.25) is 0 Å². The molecule has 0 spiro atoms. The molecule has 0 atom stereocenters. The highest BCUT2D eigenvalue weighted by molar-refractivity contribution is 6.15. The molecule has 56 heavy (non-hydrogen) atoms. The average Bonchev–Trinajstić information content (AvgIpc) is 3.85. The van der Waals surface area contributed by atoms with Crippen LogP contribution in [0.4, 0.5) is 0 Å². The second-order valence-corrected chi connectivity index (χ2v) is 13.9. The predicted octanol–water partition coefficient (Wildman–Crippen LogP) is 13.7. The second kappa shape index (κ2) is 13.0. The number of hydrogen-bond acceptors (Lipinski definition) is 5. The fourth-order valence-electron chi connectivity index (χ4n) is 7.85. The van der Waals surface area contributed by atoms with Crippen molar-refractivity contribution in [3.05, 3.63) is 188 Å². The molecular formula is C51H31N3O2. The highest BCUT2D eigenvalue weighted by Crippen LogP contribution is 2.42. The van der Waals surface area contributed by atoms with Gasteiger partial charge in [-0.1, -0.05) is 170 Å². The molecule has 0 amide bonds. The minimum atomic E-state index is 0.564. The van der Waals surface area contributed by atoms with E-state index in [0.717, 1.165) is 93.9 Å². The summed E-state index contributed by atoms with van der Waals surface area (Å²) in [5.41, 5.74) is 12.3. The van der Waals surface area contributed by atoms with Crippen molar-refractivity contribution in [3.63, 3.8) is 0 Å². The minimum Gasteiger partial charge on any atom is -0.455 e. The van der Waals surface area contributed by atoms with Crippen LogP contribution in [0.2, 0.25) is 0 Å². The van der Waals surface area contributed by atoms with Gasteiger partial charge in [-0.05, 0) is 40.5 Å². The molecule has 0 saturated heterocycles. The largest absolute Gasteiger partial charge is 0.455 e. The van der Waals surface area contributed by atoms with Gasteiger partial charge in [0.05, 0.1) is 0 Å². The quantitative estimate of drug-likeness (QED) is 0.171. The average molecular weight is 718 g/mol. The van der Waals surface area contributed by atoms with Gasteiger partial charge in [0.15, 0.2) is 17.5 Å². The molecular weight excluding hydrogens is 687 g/mol. The van der Waals surface area contributed by atoms with Gasteiger partial charge in [0, 0.05) is 49.4 Å². The van der Waals surface area contributed by atoms with E-state index in [1.807, 2.05) is 42.5 Å². The molecule has 0 radical (unpaired) electrons. The third-order valence-electron chi connectivity index (χ3n) is 10.6. The van der Waals surface area contributed by atoms with E-state index in [0.29, 0.717) is 17.5 Å². The molecule has 0 aliphatic carbocycles. The monoisotopic (exact) mass is 717 g/mol. The summed E-state index contributed by atoms with van der Waals surface area (Å²) in [5.74, 6) is 1.76. The van der Waals surface area contributed by atoms with Gasteiger partial charge in [0.1, 0.15) is 22.3 Å². The third-order valence-corrected chi connectivity index (χ3v) is 10.6. The van der Waals surface area contributed by atoms with Crippen LogP contribution in [0, 0.1) is 0 Å². The maximum atomic E-state index is 6.77. The standard InChI is InChI=1S/C51H31N3O2/c1-3-13-32(14-4-1)33-25-27-35(28-26-33)49-52-50(54-51(53-49)44-19-8-7-17-37(44)34-15-5-2-6-16-34)36-29-30-39-41-21-12-23-43(48(41)56-46(39)31-36)42-22-11-20-40-38-18-9-10-24-45(38)55-47(40)42/h1-31H. The van der Waals surface area contributed by atoms with E-state index in [-0.39, 0.29) is 0 Å². The van der Waals surface area contributed by atoms with Crippen molar-refractivity contribution in [2.24, 2.45) is 0 Å². The summed E-state index contributed by atoms with van der Waals surface area (Å²) >= 11 is 0. The van der Waals surface area contributed by atoms with Crippen molar-refractivity contribution in [2.75, 3.05) is 0 Å². The first kappa shape index (κ1) is 31.9. The van der Waals surface area contributed by atoms with Crippen LogP contribution in [0.1, 0.15) is 0 Å². The van der Waals surface area contributed by atoms with Crippen molar-refractivity contribution in [1.29, 1.82) is 0 Å². The minimum absolute atomic E-state index is 0.564. The van der Waals surface area contributed by atoms with Gasteiger partial charge in [0.2, 0.25) is 0 Å². The zero-order chi connectivity index (χ0) is 37.0. The molecule has 11 aromatic rings. The molecule has 11 rings (SSSR count). The van der Waals surface area contributed by atoms with Crippen molar-refractivity contribution in [3.8, 4) is 67.5 Å². The number of para-hydroxylation sites is 3. The fraction of sp³-hybridized carbons (Fsp3) is 0. The number of furan rings is 2. The highest BCUT2D eigenvalue weighted by atomic mass is 16.3. The van der Waals surface area contributed by atoms with Gasteiger partial charge < -0.3 is 8.83 Å². The van der Waals surface area contributed by atoms with Gasteiger partial charge in [-0.25, -0.2) is 15.0 Å². The molecule has 0 aliphatic rings. The molecule has 5 heteroatoms. The summed E-state index contributed by atoms with van der Waals surface area (Å²) in [6.45, 7) is 0. The number of nitrogens with zero attached hydrogens (tertiary/aromatic N) is 3. The Hall–Kier alpha value is -7.63. The molecule has 0 bridgehead atoms. The lowest BCUT2D eigenvalue weighted by Gasteiger charge is -2.12. The zero-order valence-corrected chi connectivity index (χ0v) is 30.1. The molecule has 0 fully saturated rings. The van der Waals surface area contributed by atoms with E-state index in [9.17, 15) is 0 Å². The fourth-order valence-corrected chi connectivity index (χ4v) is 7.85. The Morgan fingerprint density at radius 2 is 0.732 bits per heavy atom. The number of fused-ring (bicyclic) bond motifs is 6. The van der Waals surface area contributed by atoms with Crippen molar-refractivity contribution in [1.82, 2.24) is 15.0 Å². The molecule has 3 aromatic heterocycles. The van der Waals surface area contributed by atoms with Crippen LogP contribution in [0.5, 0.6) is 0 Å². The number of aromatic nitrogens is 3. The molecule has 0 aliphatic heterocycles. The maximum absolute atomic E-state index is 6.77. The number of hydrogen-bond donors (Lipinski definition) is 0. The Balaban J connectivity index is 1.07. The third kappa shape index (κ3) is 5.37. The summed E-state index contributed by atoms with van der Waals surface area (Å²) < 4.78 is 13.2. The van der Waals surface area contributed by atoms with E-state index >= 15 is 0 Å². The first-order valence-corrected chi connectivity index (χ1v) is 18.7. The van der Waals surface area contributed by atoms with Crippen LogP contribution < -0.4 is 0 Å². The van der Waals surface area contributed by atoms with Crippen LogP contribution in [-0.4, -0.2) is 15.0 Å². The van der Waals surface area contributed by atoms with Gasteiger partial charge >= 0.3 is 0 Å². The molecule has 0 N–H and O–H groups in total.